The standard InChI is InChI=1S/C17H18O2Si/c1-4-8-13-11-15(18-2)16(19-3)12-17(13)20-14-9-6-5-7-10-14/h4-7,9-12H,1,8H2,2-3H3. The third kappa shape index (κ3) is 3.30. The maximum Gasteiger partial charge on any atom is 0.160 e. The van der Waals surface area contributed by atoms with Crippen molar-refractivity contribution >= 4 is 19.9 Å². The molecule has 20 heavy (non-hydrogen) atoms. The van der Waals surface area contributed by atoms with E-state index in [4.69, 9.17) is 9.47 Å². The Kier molecular flexibility index (Phi) is 5.01. The molecule has 2 rings (SSSR count). The van der Waals surface area contributed by atoms with Crippen molar-refractivity contribution in [3.8, 4) is 11.5 Å². The number of hydrogen-bond acceptors (Lipinski definition) is 2. The summed E-state index contributed by atoms with van der Waals surface area (Å²) < 4.78 is 10.8. The third-order valence-electron chi connectivity index (χ3n) is 3.03. The van der Waals surface area contributed by atoms with Crippen LogP contribution in [0, 0.1) is 0 Å². The van der Waals surface area contributed by atoms with Crippen molar-refractivity contribution in [2.45, 2.75) is 6.42 Å². The molecule has 0 amide bonds. The number of rotatable bonds is 6. The molecule has 0 aromatic heterocycles. The highest BCUT2D eigenvalue weighted by atomic mass is 28.2. The number of hydrogen-bond donors (Lipinski definition) is 0. The second-order valence-electron chi connectivity index (χ2n) is 4.35. The lowest BCUT2D eigenvalue weighted by Crippen LogP contribution is -2.29. The van der Waals surface area contributed by atoms with Gasteiger partial charge in [-0.25, -0.2) is 0 Å². The molecule has 2 aromatic rings. The molecular formula is C17H18O2Si. The fraction of sp³-hybridized carbons (Fsp3) is 0.176. The average Bonchev–Trinajstić information content (AvgIpc) is 2.49. The Bertz CT molecular complexity index is 579. The van der Waals surface area contributed by atoms with Crippen LogP contribution in [0.3, 0.4) is 0 Å². The van der Waals surface area contributed by atoms with Gasteiger partial charge >= 0.3 is 0 Å². The summed E-state index contributed by atoms with van der Waals surface area (Å²) in [6.07, 6.45) is 2.75. The first-order valence-electron chi connectivity index (χ1n) is 6.46. The number of allylic oxidation sites excluding steroid dienone is 1. The first kappa shape index (κ1) is 14.4. The highest BCUT2D eigenvalue weighted by Crippen LogP contribution is 2.26. The third-order valence-corrected chi connectivity index (χ3v) is 4.38. The number of methoxy groups -OCH3 is 2. The van der Waals surface area contributed by atoms with Crippen LogP contribution in [0.5, 0.6) is 11.5 Å². The molecule has 0 saturated heterocycles. The summed E-state index contributed by atoms with van der Waals surface area (Å²) in [5.41, 5.74) is 1.24. The van der Waals surface area contributed by atoms with Crippen molar-refractivity contribution in [1.29, 1.82) is 0 Å². The van der Waals surface area contributed by atoms with Gasteiger partial charge in [-0.1, -0.05) is 46.8 Å². The largest absolute Gasteiger partial charge is 0.493 e. The van der Waals surface area contributed by atoms with Gasteiger partial charge in [0.25, 0.3) is 0 Å². The Morgan fingerprint density at radius 1 is 1.05 bits per heavy atom. The minimum atomic E-state index is 0.599. The lowest BCUT2D eigenvalue weighted by Gasteiger charge is -2.14. The molecule has 2 aromatic carbocycles. The normalized spacial score (nSPS) is 10.1. The molecule has 0 saturated carbocycles. The fourth-order valence-corrected chi connectivity index (χ4v) is 3.25. The number of benzene rings is 2. The zero-order valence-electron chi connectivity index (χ0n) is 11.8. The van der Waals surface area contributed by atoms with Crippen molar-refractivity contribution in [3.05, 3.63) is 60.7 Å². The van der Waals surface area contributed by atoms with Crippen LogP contribution in [0.4, 0.5) is 0 Å². The van der Waals surface area contributed by atoms with Gasteiger partial charge in [0.05, 0.1) is 14.2 Å². The minimum Gasteiger partial charge on any atom is -0.493 e. The summed E-state index contributed by atoms with van der Waals surface area (Å²) in [5.74, 6) is 1.55. The monoisotopic (exact) mass is 282 g/mol. The van der Waals surface area contributed by atoms with Gasteiger partial charge in [0.15, 0.2) is 11.5 Å². The van der Waals surface area contributed by atoms with Crippen LogP contribution < -0.4 is 19.8 Å². The van der Waals surface area contributed by atoms with E-state index in [1.54, 1.807) is 14.2 Å². The minimum absolute atomic E-state index is 0.599. The SMILES string of the molecule is C=CCc1cc(OC)c(OC)cc1[Si]c1ccccc1. The van der Waals surface area contributed by atoms with Crippen LogP contribution >= 0.6 is 0 Å². The van der Waals surface area contributed by atoms with Crippen LogP contribution in [0.15, 0.2) is 55.1 Å². The average molecular weight is 282 g/mol. The molecule has 0 unspecified atom stereocenters. The van der Waals surface area contributed by atoms with Crippen LogP contribution in [0.25, 0.3) is 0 Å². The maximum absolute atomic E-state index is 5.40. The van der Waals surface area contributed by atoms with E-state index in [2.05, 4.69) is 36.9 Å². The van der Waals surface area contributed by atoms with Crippen molar-refractivity contribution in [2.75, 3.05) is 14.2 Å². The van der Waals surface area contributed by atoms with E-state index in [-0.39, 0.29) is 0 Å². The Labute approximate surface area is 122 Å². The summed E-state index contributed by atoms with van der Waals surface area (Å²) in [7, 11) is 3.93. The van der Waals surface area contributed by atoms with Crippen molar-refractivity contribution < 1.29 is 9.47 Å². The van der Waals surface area contributed by atoms with E-state index in [0.717, 1.165) is 17.9 Å². The first-order chi connectivity index (χ1) is 9.78. The van der Waals surface area contributed by atoms with Gasteiger partial charge in [0, 0.05) is 0 Å². The van der Waals surface area contributed by atoms with Crippen molar-refractivity contribution in [3.63, 3.8) is 0 Å². The maximum atomic E-state index is 5.40. The Morgan fingerprint density at radius 3 is 2.30 bits per heavy atom. The Hall–Kier alpha value is -2.00. The molecule has 0 aliphatic rings. The highest BCUT2D eigenvalue weighted by molar-refractivity contribution is 6.67. The Morgan fingerprint density at radius 2 is 1.70 bits per heavy atom. The smallest absolute Gasteiger partial charge is 0.160 e. The van der Waals surface area contributed by atoms with Gasteiger partial charge in [0.1, 0.15) is 9.52 Å². The van der Waals surface area contributed by atoms with Crippen LogP contribution in [-0.4, -0.2) is 23.7 Å². The van der Waals surface area contributed by atoms with E-state index in [0.29, 0.717) is 9.52 Å². The summed E-state index contributed by atoms with van der Waals surface area (Å²) in [4.78, 5) is 0. The van der Waals surface area contributed by atoms with Crippen LogP contribution in [-0.2, 0) is 6.42 Å². The summed E-state index contributed by atoms with van der Waals surface area (Å²) in [6, 6.07) is 14.6. The van der Waals surface area contributed by atoms with Crippen LogP contribution in [0.2, 0.25) is 0 Å². The molecule has 2 radical (unpaired) electrons. The van der Waals surface area contributed by atoms with Crippen molar-refractivity contribution in [2.24, 2.45) is 0 Å². The van der Waals surface area contributed by atoms with E-state index >= 15 is 0 Å². The van der Waals surface area contributed by atoms with E-state index in [1.807, 2.05) is 18.2 Å². The van der Waals surface area contributed by atoms with Crippen LogP contribution in [0.1, 0.15) is 5.56 Å². The Balaban J connectivity index is 2.41. The van der Waals surface area contributed by atoms with Crippen molar-refractivity contribution in [1.82, 2.24) is 0 Å². The van der Waals surface area contributed by atoms with Gasteiger partial charge in [-0.3, -0.25) is 0 Å². The highest BCUT2D eigenvalue weighted by Gasteiger charge is 2.11. The lowest BCUT2D eigenvalue weighted by molar-refractivity contribution is 0.355. The van der Waals surface area contributed by atoms with Gasteiger partial charge in [0.2, 0.25) is 0 Å². The molecule has 0 aliphatic carbocycles. The molecule has 0 heterocycles. The molecule has 0 bridgehead atoms. The fourth-order valence-electron chi connectivity index (χ4n) is 2.04. The molecule has 0 fully saturated rings. The lowest BCUT2D eigenvalue weighted by atomic mass is 10.1. The molecule has 0 aliphatic heterocycles. The molecule has 0 spiro atoms. The summed E-state index contributed by atoms with van der Waals surface area (Å²) >= 11 is 0. The topological polar surface area (TPSA) is 18.5 Å². The zero-order chi connectivity index (χ0) is 14.4. The van der Waals surface area contributed by atoms with E-state index in [9.17, 15) is 0 Å². The first-order valence-corrected chi connectivity index (χ1v) is 7.46. The van der Waals surface area contributed by atoms with Gasteiger partial charge < -0.3 is 9.47 Å². The molecule has 102 valence electrons. The van der Waals surface area contributed by atoms with Gasteiger partial charge in [-0.05, 0) is 24.1 Å². The van der Waals surface area contributed by atoms with E-state index < -0.39 is 0 Å². The predicted octanol–water partition coefficient (Wildman–Crippen LogP) is 2.09. The summed E-state index contributed by atoms with van der Waals surface area (Å²) in [6.45, 7) is 3.83. The molecule has 2 nitrogen and oxygen atoms in total. The second kappa shape index (κ2) is 6.96. The quantitative estimate of drug-likeness (QED) is 0.596. The molecular weight excluding hydrogens is 264 g/mol. The van der Waals surface area contributed by atoms with Gasteiger partial charge in [-0.15, -0.1) is 6.58 Å². The predicted molar refractivity (Wildman–Crippen MR) is 84.9 cm³/mol. The zero-order valence-corrected chi connectivity index (χ0v) is 12.8. The van der Waals surface area contributed by atoms with Gasteiger partial charge in [-0.2, -0.15) is 0 Å². The summed E-state index contributed by atoms with van der Waals surface area (Å²) in [5, 5.41) is 2.58. The second-order valence-corrected chi connectivity index (χ2v) is 5.71. The molecule has 3 heteroatoms. The molecule has 0 atom stereocenters. The molecule has 0 N–H and O–H groups in total. The number of ether oxygens (including phenoxy) is 2. The van der Waals surface area contributed by atoms with E-state index in [1.165, 1.54) is 15.9 Å².